The van der Waals surface area contributed by atoms with Crippen LogP contribution in [0.15, 0.2) is 35.2 Å². The predicted molar refractivity (Wildman–Crippen MR) is 78.3 cm³/mol. The van der Waals surface area contributed by atoms with Crippen molar-refractivity contribution < 1.29 is 4.79 Å². The van der Waals surface area contributed by atoms with Gasteiger partial charge in [-0.3, -0.25) is 4.79 Å². The minimum absolute atomic E-state index is 0.0440. The van der Waals surface area contributed by atoms with Crippen molar-refractivity contribution >= 4 is 17.2 Å². The number of nitriles is 1. The summed E-state index contributed by atoms with van der Waals surface area (Å²) in [7, 11) is 0. The first kappa shape index (κ1) is 14.2. The molecule has 102 valence electrons. The van der Waals surface area contributed by atoms with Crippen LogP contribution in [0.5, 0.6) is 0 Å². The van der Waals surface area contributed by atoms with Crippen LogP contribution in [0.3, 0.4) is 0 Å². The summed E-state index contributed by atoms with van der Waals surface area (Å²) in [6.45, 7) is 3.27. The minimum atomic E-state index is -0.0440. The lowest BCUT2D eigenvalue weighted by molar-refractivity contribution is 0.0738. The molecule has 0 aliphatic heterocycles. The highest BCUT2D eigenvalue weighted by Crippen LogP contribution is 2.12. The molecule has 0 saturated heterocycles. The van der Waals surface area contributed by atoms with E-state index in [9.17, 15) is 4.79 Å². The molecular weight excluding hydrogens is 270 g/mol. The van der Waals surface area contributed by atoms with Crippen LogP contribution in [0.4, 0.5) is 0 Å². The Morgan fingerprint density at radius 2 is 2.15 bits per heavy atom. The van der Waals surface area contributed by atoms with Crippen molar-refractivity contribution in [2.75, 3.05) is 6.54 Å². The van der Waals surface area contributed by atoms with E-state index in [1.54, 1.807) is 27.9 Å². The monoisotopic (exact) mass is 285 g/mol. The largest absolute Gasteiger partial charge is 0.333 e. The van der Waals surface area contributed by atoms with Crippen molar-refractivity contribution in [1.29, 1.82) is 5.26 Å². The number of thiazole rings is 1. The van der Waals surface area contributed by atoms with Crippen LogP contribution in [0.1, 0.15) is 35.0 Å². The fourth-order valence-electron chi connectivity index (χ4n) is 1.91. The summed E-state index contributed by atoms with van der Waals surface area (Å²) in [5.41, 5.74) is 3.80. The van der Waals surface area contributed by atoms with Crippen molar-refractivity contribution in [2.24, 2.45) is 0 Å². The molecule has 1 heterocycles. The number of carbonyl (C=O) groups excluding carboxylic acids is 1. The minimum Gasteiger partial charge on any atom is -0.333 e. The Kier molecular flexibility index (Phi) is 4.85. The van der Waals surface area contributed by atoms with E-state index in [-0.39, 0.29) is 5.91 Å². The van der Waals surface area contributed by atoms with E-state index in [0.29, 0.717) is 24.3 Å². The molecule has 0 fully saturated rings. The van der Waals surface area contributed by atoms with E-state index in [2.05, 4.69) is 11.1 Å². The molecule has 4 nitrogen and oxygen atoms in total. The second-order valence-electron chi connectivity index (χ2n) is 4.41. The van der Waals surface area contributed by atoms with Crippen LogP contribution in [0.2, 0.25) is 0 Å². The average Bonchev–Trinajstić information content (AvgIpc) is 3.01. The van der Waals surface area contributed by atoms with Gasteiger partial charge in [0.1, 0.15) is 5.69 Å². The molecule has 0 saturated carbocycles. The summed E-state index contributed by atoms with van der Waals surface area (Å²) in [6.07, 6.45) is 0.895. The number of hydrogen-bond acceptors (Lipinski definition) is 4. The molecule has 1 aromatic heterocycles. The van der Waals surface area contributed by atoms with Gasteiger partial charge in [-0.1, -0.05) is 19.1 Å². The van der Waals surface area contributed by atoms with Crippen LogP contribution in [-0.2, 0) is 6.54 Å². The predicted octanol–water partition coefficient (Wildman–Crippen LogP) is 3.07. The summed E-state index contributed by atoms with van der Waals surface area (Å²) in [5, 5.41) is 10.6. The average molecular weight is 285 g/mol. The zero-order valence-corrected chi connectivity index (χ0v) is 12.1. The zero-order chi connectivity index (χ0) is 14.4. The SMILES string of the molecule is CCCN(Cc1ccc(C#N)cc1)C(=O)c1cscn1. The Labute approximate surface area is 122 Å². The summed E-state index contributed by atoms with van der Waals surface area (Å²) >= 11 is 1.42. The van der Waals surface area contributed by atoms with Crippen molar-refractivity contribution in [2.45, 2.75) is 19.9 Å². The summed E-state index contributed by atoms with van der Waals surface area (Å²) in [5.74, 6) is -0.0440. The van der Waals surface area contributed by atoms with Crippen molar-refractivity contribution in [3.05, 3.63) is 52.0 Å². The highest BCUT2D eigenvalue weighted by atomic mass is 32.1. The molecule has 2 aromatic rings. The Bertz CT molecular complexity index is 599. The van der Waals surface area contributed by atoms with Crippen molar-refractivity contribution in [3.8, 4) is 6.07 Å². The van der Waals surface area contributed by atoms with E-state index in [4.69, 9.17) is 5.26 Å². The first-order valence-corrected chi connectivity index (χ1v) is 7.35. The second-order valence-corrected chi connectivity index (χ2v) is 5.13. The number of benzene rings is 1. The second kappa shape index (κ2) is 6.83. The first-order chi connectivity index (χ1) is 9.74. The fraction of sp³-hybridized carbons (Fsp3) is 0.267. The maximum atomic E-state index is 12.3. The molecular formula is C15H15N3OS. The third-order valence-corrected chi connectivity index (χ3v) is 3.48. The Hall–Kier alpha value is -2.19. The molecule has 0 radical (unpaired) electrons. The number of nitrogens with zero attached hydrogens (tertiary/aromatic N) is 3. The Balaban J connectivity index is 2.12. The van der Waals surface area contributed by atoms with Crippen LogP contribution < -0.4 is 0 Å². The molecule has 1 amide bonds. The van der Waals surface area contributed by atoms with Gasteiger partial charge in [0.05, 0.1) is 17.1 Å². The number of rotatable bonds is 5. The number of hydrogen-bond donors (Lipinski definition) is 0. The van der Waals surface area contributed by atoms with E-state index in [0.717, 1.165) is 12.0 Å². The van der Waals surface area contributed by atoms with Gasteiger partial charge in [-0.05, 0) is 24.1 Å². The van der Waals surface area contributed by atoms with Gasteiger partial charge in [0.25, 0.3) is 5.91 Å². The molecule has 0 aliphatic carbocycles. The van der Waals surface area contributed by atoms with Gasteiger partial charge in [-0.15, -0.1) is 11.3 Å². The molecule has 0 aliphatic rings. The normalized spacial score (nSPS) is 10.0. The quantitative estimate of drug-likeness (QED) is 0.848. The van der Waals surface area contributed by atoms with E-state index < -0.39 is 0 Å². The van der Waals surface area contributed by atoms with Crippen LogP contribution in [-0.4, -0.2) is 22.3 Å². The van der Waals surface area contributed by atoms with Crippen LogP contribution in [0.25, 0.3) is 0 Å². The van der Waals surface area contributed by atoms with Gasteiger partial charge in [0.2, 0.25) is 0 Å². The van der Waals surface area contributed by atoms with E-state index in [1.807, 2.05) is 19.1 Å². The molecule has 2 rings (SSSR count). The van der Waals surface area contributed by atoms with Gasteiger partial charge in [0.15, 0.2) is 0 Å². The Morgan fingerprint density at radius 3 is 2.70 bits per heavy atom. The number of aromatic nitrogens is 1. The van der Waals surface area contributed by atoms with Crippen LogP contribution in [0, 0.1) is 11.3 Å². The number of amides is 1. The molecule has 0 bridgehead atoms. The van der Waals surface area contributed by atoms with Crippen molar-refractivity contribution in [3.63, 3.8) is 0 Å². The molecule has 0 spiro atoms. The molecule has 0 N–H and O–H groups in total. The number of carbonyl (C=O) groups is 1. The lowest BCUT2D eigenvalue weighted by Crippen LogP contribution is -2.31. The fourth-order valence-corrected chi connectivity index (χ4v) is 2.43. The lowest BCUT2D eigenvalue weighted by Gasteiger charge is -2.21. The molecule has 5 heteroatoms. The maximum absolute atomic E-state index is 12.3. The highest BCUT2D eigenvalue weighted by molar-refractivity contribution is 7.07. The van der Waals surface area contributed by atoms with Gasteiger partial charge < -0.3 is 4.90 Å². The smallest absolute Gasteiger partial charge is 0.273 e. The van der Waals surface area contributed by atoms with E-state index in [1.165, 1.54) is 11.3 Å². The van der Waals surface area contributed by atoms with Crippen molar-refractivity contribution in [1.82, 2.24) is 9.88 Å². The van der Waals surface area contributed by atoms with Gasteiger partial charge in [0, 0.05) is 18.5 Å². The third kappa shape index (κ3) is 3.43. The molecule has 0 atom stereocenters. The summed E-state index contributed by atoms with van der Waals surface area (Å²) < 4.78 is 0. The van der Waals surface area contributed by atoms with Gasteiger partial charge >= 0.3 is 0 Å². The summed E-state index contributed by atoms with van der Waals surface area (Å²) in [4.78, 5) is 18.2. The molecule has 20 heavy (non-hydrogen) atoms. The Morgan fingerprint density at radius 1 is 1.40 bits per heavy atom. The van der Waals surface area contributed by atoms with E-state index >= 15 is 0 Å². The van der Waals surface area contributed by atoms with Gasteiger partial charge in [-0.25, -0.2) is 4.98 Å². The highest BCUT2D eigenvalue weighted by Gasteiger charge is 2.16. The van der Waals surface area contributed by atoms with Crippen LogP contribution >= 0.6 is 11.3 Å². The summed E-state index contributed by atoms with van der Waals surface area (Å²) in [6, 6.07) is 9.40. The first-order valence-electron chi connectivity index (χ1n) is 6.41. The zero-order valence-electron chi connectivity index (χ0n) is 11.2. The standard InChI is InChI=1S/C15H15N3OS/c1-2-7-18(15(19)14-10-20-11-17-14)9-13-5-3-12(8-16)4-6-13/h3-6,10-11H,2,7,9H2,1H3. The topological polar surface area (TPSA) is 57.0 Å². The lowest BCUT2D eigenvalue weighted by atomic mass is 10.1. The maximum Gasteiger partial charge on any atom is 0.273 e. The van der Waals surface area contributed by atoms with Gasteiger partial charge in [-0.2, -0.15) is 5.26 Å². The molecule has 0 unspecified atom stereocenters. The molecule has 1 aromatic carbocycles. The third-order valence-electron chi connectivity index (χ3n) is 2.89.